The van der Waals surface area contributed by atoms with E-state index in [1.807, 2.05) is 0 Å². The van der Waals surface area contributed by atoms with E-state index in [0.717, 1.165) is 17.0 Å². The molecule has 2 heterocycles. The summed E-state index contributed by atoms with van der Waals surface area (Å²) in [5, 5.41) is 15.2. The van der Waals surface area contributed by atoms with E-state index in [9.17, 15) is 19.1 Å². The van der Waals surface area contributed by atoms with Crippen LogP contribution in [-0.2, 0) is 9.59 Å². The molecule has 0 unspecified atom stereocenters. The molecule has 8 heteroatoms. The van der Waals surface area contributed by atoms with Crippen LogP contribution in [0.15, 0.2) is 64.7 Å². The molecule has 1 atom stereocenters. The maximum atomic E-state index is 13.3. The van der Waals surface area contributed by atoms with Gasteiger partial charge in [0.15, 0.2) is 5.82 Å². The predicted molar refractivity (Wildman–Crippen MR) is 104 cm³/mol. The highest BCUT2D eigenvalue weighted by molar-refractivity contribution is 6.51. The molecule has 4 rings (SSSR count). The fraction of sp³-hybridized carbons (Fsp3) is 0.0952. The van der Waals surface area contributed by atoms with Crippen LogP contribution in [0.25, 0.3) is 5.76 Å². The third kappa shape index (κ3) is 3.30. The number of amides is 1. The third-order valence-corrected chi connectivity index (χ3v) is 4.86. The van der Waals surface area contributed by atoms with E-state index in [2.05, 4.69) is 5.16 Å². The third-order valence-electron chi connectivity index (χ3n) is 4.61. The summed E-state index contributed by atoms with van der Waals surface area (Å²) in [5.41, 5.74) is 0.613. The Morgan fingerprint density at radius 1 is 1.14 bits per heavy atom. The van der Waals surface area contributed by atoms with Crippen LogP contribution in [0.5, 0.6) is 0 Å². The Hall–Kier alpha value is -3.45. The summed E-state index contributed by atoms with van der Waals surface area (Å²) in [6.45, 7) is 1.66. The molecule has 0 spiro atoms. The first-order chi connectivity index (χ1) is 13.9. The molecule has 1 aliphatic rings. The van der Waals surface area contributed by atoms with Gasteiger partial charge in [0.05, 0.1) is 11.6 Å². The lowest BCUT2D eigenvalue weighted by atomic mass is 9.95. The van der Waals surface area contributed by atoms with Gasteiger partial charge >= 0.3 is 5.91 Å². The highest BCUT2D eigenvalue weighted by Gasteiger charge is 2.48. The molecule has 1 fully saturated rings. The quantitative estimate of drug-likeness (QED) is 0.391. The average molecular weight is 413 g/mol. The highest BCUT2D eigenvalue weighted by atomic mass is 35.5. The second-order valence-corrected chi connectivity index (χ2v) is 6.96. The first kappa shape index (κ1) is 18.9. The van der Waals surface area contributed by atoms with Gasteiger partial charge in [-0.1, -0.05) is 28.9 Å². The molecule has 1 aliphatic heterocycles. The van der Waals surface area contributed by atoms with Crippen LogP contribution in [0.3, 0.4) is 0 Å². The van der Waals surface area contributed by atoms with Crippen molar-refractivity contribution in [3.63, 3.8) is 0 Å². The summed E-state index contributed by atoms with van der Waals surface area (Å²) in [4.78, 5) is 26.9. The zero-order chi connectivity index (χ0) is 20.7. The molecule has 1 saturated heterocycles. The second-order valence-electron chi connectivity index (χ2n) is 6.52. The lowest BCUT2D eigenvalue weighted by molar-refractivity contribution is -0.132. The molecule has 6 nitrogen and oxygen atoms in total. The molecule has 2 aromatic carbocycles. The number of halogens is 2. The van der Waals surface area contributed by atoms with Gasteiger partial charge in [0.2, 0.25) is 0 Å². The molecule has 0 bridgehead atoms. The van der Waals surface area contributed by atoms with Gasteiger partial charge in [-0.2, -0.15) is 0 Å². The number of anilines is 1. The highest BCUT2D eigenvalue weighted by Crippen LogP contribution is 2.42. The summed E-state index contributed by atoms with van der Waals surface area (Å²) >= 11 is 5.97. The lowest BCUT2D eigenvalue weighted by Gasteiger charge is -2.22. The number of benzene rings is 2. The monoisotopic (exact) mass is 412 g/mol. The number of aliphatic hydroxyl groups excluding tert-OH is 1. The minimum Gasteiger partial charge on any atom is -0.507 e. The van der Waals surface area contributed by atoms with Gasteiger partial charge in [-0.15, -0.1) is 0 Å². The van der Waals surface area contributed by atoms with Gasteiger partial charge in [-0.05, 0) is 48.9 Å². The van der Waals surface area contributed by atoms with Crippen molar-refractivity contribution in [1.29, 1.82) is 0 Å². The molecule has 29 heavy (non-hydrogen) atoms. The van der Waals surface area contributed by atoms with Crippen LogP contribution in [0, 0.1) is 12.7 Å². The van der Waals surface area contributed by atoms with Gasteiger partial charge < -0.3 is 9.63 Å². The van der Waals surface area contributed by atoms with Crippen molar-refractivity contribution < 1.29 is 23.6 Å². The van der Waals surface area contributed by atoms with Gasteiger partial charge in [0.25, 0.3) is 5.78 Å². The van der Waals surface area contributed by atoms with Crippen LogP contribution >= 0.6 is 11.6 Å². The van der Waals surface area contributed by atoms with Crippen molar-refractivity contribution in [2.24, 2.45) is 0 Å². The van der Waals surface area contributed by atoms with Crippen LogP contribution < -0.4 is 4.90 Å². The lowest BCUT2D eigenvalue weighted by Crippen LogP contribution is -2.29. The Morgan fingerprint density at radius 2 is 1.79 bits per heavy atom. The number of aryl methyl sites for hydroxylation is 1. The molecule has 0 saturated carbocycles. The van der Waals surface area contributed by atoms with Crippen LogP contribution in [0.1, 0.15) is 22.9 Å². The number of carbonyl (C=O) groups excluding carboxylic acids is 2. The standard InChI is InChI=1S/C21H14ClFN2O4/c1-11-10-16(24-29-11)25-18(12-2-6-14(22)7-3-12)17(20(27)21(25)28)19(26)13-4-8-15(23)9-5-13/h2-10,18,26H,1H3/t18-/m1/s1. The van der Waals surface area contributed by atoms with Crippen molar-refractivity contribution >= 4 is 34.9 Å². The maximum absolute atomic E-state index is 13.3. The topological polar surface area (TPSA) is 83.6 Å². The minimum absolute atomic E-state index is 0.135. The van der Waals surface area contributed by atoms with E-state index in [-0.39, 0.29) is 17.0 Å². The summed E-state index contributed by atoms with van der Waals surface area (Å²) in [6, 6.07) is 12.1. The Kier molecular flexibility index (Phi) is 4.68. The summed E-state index contributed by atoms with van der Waals surface area (Å²) in [6.07, 6.45) is 0. The number of aromatic nitrogens is 1. The number of carbonyl (C=O) groups is 2. The number of Topliss-reactive ketones (excluding diaryl/α,β-unsaturated/α-hetero) is 1. The minimum atomic E-state index is -0.957. The van der Waals surface area contributed by atoms with Gasteiger partial charge in [-0.3, -0.25) is 14.5 Å². The Labute approximate surface area is 169 Å². The fourth-order valence-corrected chi connectivity index (χ4v) is 3.39. The van der Waals surface area contributed by atoms with Crippen molar-refractivity contribution in [3.8, 4) is 0 Å². The van der Waals surface area contributed by atoms with Crippen LogP contribution in [-0.4, -0.2) is 22.0 Å². The van der Waals surface area contributed by atoms with Gasteiger partial charge in [-0.25, -0.2) is 4.39 Å². The molecule has 0 radical (unpaired) electrons. The molecule has 0 aliphatic carbocycles. The Balaban J connectivity index is 1.93. The summed E-state index contributed by atoms with van der Waals surface area (Å²) in [5.74, 6) is -2.05. The van der Waals surface area contributed by atoms with E-state index in [1.54, 1.807) is 31.2 Å². The molecular formula is C21H14ClFN2O4. The summed E-state index contributed by atoms with van der Waals surface area (Å²) < 4.78 is 18.3. The van der Waals surface area contributed by atoms with E-state index in [4.69, 9.17) is 16.1 Å². The van der Waals surface area contributed by atoms with E-state index in [0.29, 0.717) is 16.3 Å². The fourth-order valence-electron chi connectivity index (χ4n) is 3.26. The molecule has 1 aromatic heterocycles. The largest absolute Gasteiger partial charge is 0.507 e. The van der Waals surface area contributed by atoms with Crippen molar-refractivity contribution in [2.45, 2.75) is 13.0 Å². The summed E-state index contributed by atoms with van der Waals surface area (Å²) in [7, 11) is 0. The molecular weight excluding hydrogens is 399 g/mol. The normalized spacial score (nSPS) is 18.4. The molecule has 1 amide bonds. The van der Waals surface area contributed by atoms with Crippen LogP contribution in [0.4, 0.5) is 10.2 Å². The van der Waals surface area contributed by atoms with Crippen molar-refractivity contribution in [3.05, 3.63) is 87.9 Å². The number of hydrogen-bond acceptors (Lipinski definition) is 5. The van der Waals surface area contributed by atoms with E-state index < -0.39 is 29.3 Å². The Bertz CT molecular complexity index is 1140. The predicted octanol–water partition coefficient (Wildman–Crippen LogP) is 4.40. The maximum Gasteiger partial charge on any atom is 0.301 e. The first-order valence-corrected chi connectivity index (χ1v) is 9.00. The molecule has 146 valence electrons. The number of ketones is 1. The first-order valence-electron chi connectivity index (χ1n) is 8.62. The SMILES string of the molecule is Cc1cc(N2C(=O)C(=O)C(=C(O)c3ccc(F)cc3)[C@H]2c2ccc(Cl)cc2)no1. The number of aliphatic hydroxyl groups is 1. The van der Waals surface area contributed by atoms with Crippen LogP contribution in [0.2, 0.25) is 5.02 Å². The van der Waals surface area contributed by atoms with Crippen molar-refractivity contribution in [1.82, 2.24) is 5.16 Å². The van der Waals surface area contributed by atoms with E-state index >= 15 is 0 Å². The zero-order valence-electron chi connectivity index (χ0n) is 15.1. The number of rotatable bonds is 3. The van der Waals surface area contributed by atoms with Crippen molar-refractivity contribution in [2.75, 3.05) is 4.90 Å². The Morgan fingerprint density at radius 3 is 2.38 bits per heavy atom. The van der Waals surface area contributed by atoms with Gasteiger partial charge in [0.1, 0.15) is 17.3 Å². The van der Waals surface area contributed by atoms with Gasteiger partial charge in [0, 0.05) is 16.7 Å². The smallest absolute Gasteiger partial charge is 0.301 e. The number of hydrogen-bond donors (Lipinski definition) is 1. The van der Waals surface area contributed by atoms with E-state index in [1.165, 1.54) is 18.2 Å². The molecule has 1 N–H and O–H groups in total. The second kappa shape index (κ2) is 7.18. The zero-order valence-corrected chi connectivity index (χ0v) is 15.9. The number of nitrogens with zero attached hydrogens (tertiary/aromatic N) is 2. The average Bonchev–Trinajstić information content (AvgIpc) is 3.24. The molecule has 3 aromatic rings.